The van der Waals surface area contributed by atoms with Gasteiger partial charge in [0.1, 0.15) is 0 Å². The van der Waals surface area contributed by atoms with Gasteiger partial charge in [0.25, 0.3) is 0 Å². The molecule has 1 atom stereocenters. The summed E-state index contributed by atoms with van der Waals surface area (Å²) in [5, 5.41) is 0. The lowest BCUT2D eigenvalue weighted by molar-refractivity contribution is -0.141. The van der Waals surface area contributed by atoms with E-state index < -0.39 is 22.0 Å². The highest BCUT2D eigenvalue weighted by Crippen LogP contribution is 2.21. The monoisotopic (exact) mass is 335 g/mol. The molecule has 1 heterocycles. The van der Waals surface area contributed by atoms with Crippen LogP contribution in [0.4, 0.5) is 5.69 Å². The van der Waals surface area contributed by atoms with E-state index in [0.29, 0.717) is 11.3 Å². The Bertz CT molecular complexity index is 778. The molecule has 0 saturated heterocycles. The van der Waals surface area contributed by atoms with Crippen molar-refractivity contribution >= 4 is 21.7 Å². The second kappa shape index (κ2) is 7.21. The van der Waals surface area contributed by atoms with Crippen LogP contribution in [-0.2, 0) is 19.6 Å². The van der Waals surface area contributed by atoms with Crippen molar-refractivity contribution in [2.24, 2.45) is 0 Å². The van der Waals surface area contributed by atoms with Crippen LogP contribution >= 0.6 is 0 Å². The third kappa shape index (κ3) is 4.51. The Balaban J connectivity index is 2.31. The molecule has 0 radical (unpaired) electrons. The molecule has 2 rings (SSSR count). The maximum atomic E-state index is 12.5. The SMILES string of the molecule is COC(=O)CC(NS(=O)(=O)c1cccc(N)c1)c1cccnc1. The normalized spacial score (nSPS) is 12.6. The predicted octanol–water partition coefficient (Wildman–Crippen LogP) is 1.25. The van der Waals surface area contributed by atoms with Gasteiger partial charge in [0.2, 0.25) is 10.0 Å². The quantitative estimate of drug-likeness (QED) is 0.607. The lowest BCUT2D eigenvalue weighted by Crippen LogP contribution is -2.30. The van der Waals surface area contributed by atoms with Crippen LogP contribution in [0.1, 0.15) is 18.0 Å². The van der Waals surface area contributed by atoms with Crippen LogP contribution in [0.5, 0.6) is 0 Å². The van der Waals surface area contributed by atoms with E-state index in [1.54, 1.807) is 30.5 Å². The second-order valence-corrected chi connectivity index (χ2v) is 6.53. The van der Waals surface area contributed by atoms with Gasteiger partial charge in [0, 0.05) is 18.1 Å². The molecule has 3 N–H and O–H groups in total. The average Bonchev–Trinajstić information content (AvgIpc) is 2.54. The Morgan fingerprint density at radius 3 is 2.74 bits per heavy atom. The van der Waals surface area contributed by atoms with Crippen molar-refractivity contribution in [2.75, 3.05) is 12.8 Å². The molecule has 122 valence electrons. The van der Waals surface area contributed by atoms with E-state index in [0.717, 1.165) is 0 Å². The summed E-state index contributed by atoms with van der Waals surface area (Å²) in [5.74, 6) is -0.533. The summed E-state index contributed by atoms with van der Waals surface area (Å²) in [6.45, 7) is 0. The summed E-state index contributed by atoms with van der Waals surface area (Å²) in [5.41, 5.74) is 6.52. The van der Waals surface area contributed by atoms with Crippen LogP contribution in [0.3, 0.4) is 0 Å². The maximum absolute atomic E-state index is 12.5. The van der Waals surface area contributed by atoms with Gasteiger partial charge >= 0.3 is 5.97 Å². The zero-order valence-corrected chi connectivity index (χ0v) is 13.3. The van der Waals surface area contributed by atoms with Crippen LogP contribution < -0.4 is 10.5 Å². The number of hydrogen-bond acceptors (Lipinski definition) is 6. The van der Waals surface area contributed by atoms with Gasteiger partial charge < -0.3 is 10.5 Å². The van der Waals surface area contributed by atoms with Gasteiger partial charge in [-0.3, -0.25) is 9.78 Å². The number of methoxy groups -OCH3 is 1. The van der Waals surface area contributed by atoms with Crippen LogP contribution in [0.2, 0.25) is 0 Å². The first-order chi connectivity index (χ1) is 10.9. The number of hydrogen-bond donors (Lipinski definition) is 2. The van der Waals surface area contributed by atoms with E-state index in [2.05, 4.69) is 14.4 Å². The van der Waals surface area contributed by atoms with E-state index in [9.17, 15) is 13.2 Å². The molecular formula is C15H17N3O4S. The third-order valence-electron chi connectivity index (χ3n) is 3.15. The number of esters is 1. The Hall–Kier alpha value is -2.45. The van der Waals surface area contributed by atoms with Crippen LogP contribution in [0.15, 0.2) is 53.7 Å². The number of sulfonamides is 1. The Kier molecular flexibility index (Phi) is 5.30. The fourth-order valence-corrected chi connectivity index (χ4v) is 3.28. The molecule has 0 aliphatic heterocycles. The standard InChI is InChI=1S/C15H17N3O4S/c1-22-15(19)9-14(11-4-3-7-17-10-11)18-23(20,21)13-6-2-5-12(16)8-13/h2-8,10,14,18H,9,16H2,1H3. The fraction of sp³-hybridized carbons (Fsp3) is 0.200. The molecule has 23 heavy (non-hydrogen) atoms. The Morgan fingerprint density at radius 2 is 2.13 bits per heavy atom. The molecule has 1 aromatic carbocycles. The topological polar surface area (TPSA) is 111 Å². The minimum absolute atomic E-state index is 0.0243. The summed E-state index contributed by atoms with van der Waals surface area (Å²) in [6.07, 6.45) is 2.91. The molecule has 0 spiro atoms. The Labute approximate surface area is 134 Å². The molecule has 0 fully saturated rings. The van der Waals surface area contributed by atoms with Crippen molar-refractivity contribution in [3.8, 4) is 0 Å². The fourth-order valence-electron chi connectivity index (χ4n) is 2.00. The van der Waals surface area contributed by atoms with Gasteiger partial charge in [-0.1, -0.05) is 12.1 Å². The zero-order chi connectivity index (χ0) is 16.9. The van der Waals surface area contributed by atoms with E-state index >= 15 is 0 Å². The number of benzene rings is 1. The van der Waals surface area contributed by atoms with Crippen molar-refractivity contribution in [1.29, 1.82) is 0 Å². The van der Waals surface area contributed by atoms with Crippen molar-refractivity contribution in [2.45, 2.75) is 17.4 Å². The van der Waals surface area contributed by atoms with E-state index in [1.165, 1.54) is 25.4 Å². The molecule has 1 aromatic heterocycles. The van der Waals surface area contributed by atoms with E-state index in [4.69, 9.17) is 5.73 Å². The van der Waals surface area contributed by atoms with Crippen molar-refractivity contribution in [1.82, 2.24) is 9.71 Å². The highest BCUT2D eigenvalue weighted by Gasteiger charge is 2.24. The Morgan fingerprint density at radius 1 is 1.35 bits per heavy atom. The summed E-state index contributed by atoms with van der Waals surface area (Å²) < 4.78 is 32.1. The summed E-state index contributed by atoms with van der Waals surface area (Å²) in [4.78, 5) is 15.5. The van der Waals surface area contributed by atoms with E-state index in [-0.39, 0.29) is 11.3 Å². The van der Waals surface area contributed by atoms with Crippen molar-refractivity contribution in [3.63, 3.8) is 0 Å². The first-order valence-electron chi connectivity index (χ1n) is 6.77. The van der Waals surface area contributed by atoms with Crippen molar-refractivity contribution in [3.05, 3.63) is 54.4 Å². The lowest BCUT2D eigenvalue weighted by Gasteiger charge is -2.18. The lowest BCUT2D eigenvalue weighted by atomic mass is 10.1. The molecule has 0 amide bonds. The maximum Gasteiger partial charge on any atom is 0.307 e. The first kappa shape index (κ1) is 16.9. The number of anilines is 1. The molecule has 0 bridgehead atoms. The minimum atomic E-state index is -3.85. The van der Waals surface area contributed by atoms with Gasteiger partial charge in [0.05, 0.1) is 24.5 Å². The van der Waals surface area contributed by atoms with Gasteiger partial charge in [-0.15, -0.1) is 0 Å². The molecule has 0 aliphatic carbocycles. The second-order valence-electron chi connectivity index (χ2n) is 4.81. The van der Waals surface area contributed by atoms with Gasteiger partial charge in [0.15, 0.2) is 0 Å². The molecular weight excluding hydrogens is 318 g/mol. The van der Waals surface area contributed by atoms with E-state index in [1.807, 2.05) is 0 Å². The van der Waals surface area contributed by atoms with Crippen molar-refractivity contribution < 1.29 is 17.9 Å². The number of carbonyl (C=O) groups excluding carboxylic acids is 1. The number of nitrogens with two attached hydrogens (primary N) is 1. The van der Waals surface area contributed by atoms with Gasteiger partial charge in [-0.2, -0.15) is 0 Å². The summed E-state index contributed by atoms with van der Waals surface area (Å²) >= 11 is 0. The van der Waals surface area contributed by atoms with Crippen LogP contribution in [-0.4, -0.2) is 26.5 Å². The highest BCUT2D eigenvalue weighted by molar-refractivity contribution is 7.89. The van der Waals surface area contributed by atoms with Crippen LogP contribution in [0.25, 0.3) is 0 Å². The number of carbonyl (C=O) groups is 1. The smallest absolute Gasteiger partial charge is 0.307 e. The van der Waals surface area contributed by atoms with Crippen LogP contribution in [0, 0.1) is 0 Å². The zero-order valence-electron chi connectivity index (χ0n) is 12.5. The first-order valence-corrected chi connectivity index (χ1v) is 8.25. The molecule has 0 saturated carbocycles. The van der Waals surface area contributed by atoms with Gasteiger partial charge in [-0.05, 0) is 29.8 Å². The predicted molar refractivity (Wildman–Crippen MR) is 84.8 cm³/mol. The number of nitrogens with zero attached hydrogens (tertiary/aromatic N) is 1. The molecule has 2 aromatic rings. The average molecular weight is 335 g/mol. The number of rotatable bonds is 6. The summed E-state index contributed by atoms with van der Waals surface area (Å²) in [6, 6.07) is 8.46. The molecule has 1 unspecified atom stereocenters. The molecule has 0 aliphatic rings. The largest absolute Gasteiger partial charge is 0.469 e. The number of nitrogen functional groups attached to an aromatic ring is 1. The molecule has 7 nitrogen and oxygen atoms in total. The minimum Gasteiger partial charge on any atom is -0.469 e. The van der Waals surface area contributed by atoms with Gasteiger partial charge in [-0.25, -0.2) is 13.1 Å². The number of pyridine rings is 1. The number of nitrogens with one attached hydrogen (secondary N) is 1. The molecule has 8 heteroatoms. The number of aromatic nitrogens is 1. The summed E-state index contributed by atoms with van der Waals surface area (Å²) in [7, 11) is -2.60. The highest BCUT2D eigenvalue weighted by atomic mass is 32.2. The third-order valence-corrected chi connectivity index (χ3v) is 4.62. The number of ether oxygens (including phenoxy) is 1.